The minimum atomic E-state index is -1.55. The van der Waals surface area contributed by atoms with Crippen molar-refractivity contribution < 1.29 is 29.4 Å². The van der Waals surface area contributed by atoms with E-state index in [0.717, 1.165) is 16.5 Å². The van der Waals surface area contributed by atoms with E-state index in [1.54, 1.807) is 6.20 Å². The number of aromatic amines is 1. The lowest BCUT2D eigenvalue weighted by atomic mass is 9.99. The largest absolute Gasteiger partial charge is 0.480 e. The third kappa shape index (κ3) is 7.03. The minimum absolute atomic E-state index is 0.0497. The predicted molar refractivity (Wildman–Crippen MR) is 126 cm³/mol. The van der Waals surface area contributed by atoms with Crippen LogP contribution >= 0.6 is 0 Å². The number of nitrogens with two attached hydrogens (primary N) is 1. The van der Waals surface area contributed by atoms with Gasteiger partial charge in [-0.25, -0.2) is 4.79 Å². The topological polar surface area (TPSA) is 187 Å². The van der Waals surface area contributed by atoms with E-state index in [9.17, 15) is 29.4 Å². The highest BCUT2D eigenvalue weighted by Crippen LogP contribution is 2.19. The summed E-state index contributed by atoms with van der Waals surface area (Å²) in [4.78, 5) is 52.1. The molecule has 1 aromatic heterocycles. The van der Waals surface area contributed by atoms with Crippen molar-refractivity contribution in [3.05, 3.63) is 36.0 Å². The highest BCUT2D eigenvalue weighted by Gasteiger charge is 2.30. The zero-order chi connectivity index (χ0) is 25.4. The molecule has 0 aliphatic heterocycles. The van der Waals surface area contributed by atoms with Gasteiger partial charge in [0.2, 0.25) is 17.7 Å². The standard InChI is InChI=1S/C23H33N5O6/c1-4-12(2)19(24)22(32)26-11-18(30)27-17(21(31)28-20(13(3)29)23(33)34)9-14-10-25-16-8-6-5-7-15(14)16/h5-8,10,12-13,17,19-20,25,29H,4,9,11,24H2,1-3H3,(H,26,32)(H,27,30)(H,28,31)(H,33,34). The first-order valence-corrected chi connectivity index (χ1v) is 11.1. The zero-order valence-electron chi connectivity index (χ0n) is 19.5. The Bertz CT molecular complexity index is 1020. The number of carbonyl (C=O) groups is 4. The van der Waals surface area contributed by atoms with Gasteiger partial charge in [-0.1, -0.05) is 38.5 Å². The number of benzene rings is 1. The van der Waals surface area contributed by atoms with Crippen LogP contribution < -0.4 is 21.7 Å². The number of hydrogen-bond donors (Lipinski definition) is 7. The number of carbonyl (C=O) groups excluding carboxylic acids is 3. The number of para-hydroxylation sites is 1. The van der Waals surface area contributed by atoms with Crippen molar-refractivity contribution in [3.63, 3.8) is 0 Å². The van der Waals surface area contributed by atoms with E-state index < -0.39 is 54.5 Å². The molecule has 0 saturated carbocycles. The molecule has 2 aromatic rings. The highest BCUT2D eigenvalue weighted by molar-refractivity contribution is 5.93. The fourth-order valence-corrected chi connectivity index (χ4v) is 3.42. The van der Waals surface area contributed by atoms with Gasteiger partial charge in [-0.2, -0.15) is 0 Å². The first-order valence-electron chi connectivity index (χ1n) is 11.1. The van der Waals surface area contributed by atoms with E-state index in [2.05, 4.69) is 20.9 Å². The van der Waals surface area contributed by atoms with Crippen LogP contribution in [0.25, 0.3) is 10.9 Å². The Labute approximate surface area is 197 Å². The number of carboxylic acids is 1. The fourth-order valence-electron chi connectivity index (χ4n) is 3.42. The maximum Gasteiger partial charge on any atom is 0.328 e. The molecule has 11 heteroatoms. The minimum Gasteiger partial charge on any atom is -0.480 e. The second-order valence-electron chi connectivity index (χ2n) is 8.38. The summed E-state index contributed by atoms with van der Waals surface area (Å²) in [7, 11) is 0. The van der Waals surface area contributed by atoms with Crippen LogP contribution in [0.2, 0.25) is 0 Å². The maximum absolute atomic E-state index is 12.9. The van der Waals surface area contributed by atoms with Gasteiger partial charge in [0.1, 0.15) is 6.04 Å². The number of H-pyrrole nitrogens is 1. The molecule has 1 heterocycles. The Morgan fingerprint density at radius 3 is 2.38 bits per heavy atom. The van der Waals surface area contributed by atoms with Crippen molar-refractivity contribution >= 4 is 34.6 Å². The summed E-state index contributed by atoms with van der Waals surface area (Å²) in [5.41, 5.74) is 7.43. The number of carboxylic acid groups (broad SMARTS) is 1. The monoisotopic (exact) mass is 475 g/mol. The van der Waals surface area contributed by atoms with Gasteiger partial charge in [0.05, 0.1) is 18.7 Å². The van der Waals surface area contributed by atoms with Gasteiger partial charge in [-0.3, -0.25) is 14.4 Å². The maximum atomic E-state index is 12.9. The van der Waals surface area contributed by atoms with E-state index in [-0.39, 0.29) is 12.3 Å². The number of fused-ring (bicyclic) bond motifs is 1. The normalized spacial score (nSPS) is 15.6. The molecule has 1 aromatic carbocycles. The first-order chi connectivity index (χ1) is 16.0. The van der Waals surface area contributed by atoms with E-state index in [4.69, 9.17) is 5.73 Å². The van der Waals surface area contributed by atoms with E-state index >= 15 is 0 Å². The SMILES string of the molecule is CCC(C)C(N)C(=O)NCC(=O)NC(Cc1c[nH]c2ccccc12)C(=O)NC(C(=O)O)C(C)O. The summed E-state index contributed by atoms with van der Waals surface area (Å²) in [5.74, 6) is -3.39. The lowest BCUT2D eigenvalue weighted by Gasteiger charge is -2.23. The Morgan fingerprint density at radius 1 is 1.09 bits per heavy atom. The van der Waals surface area contributed by atoms with Crippen molar-refractivity contribution in [1.29, 1.82) is 0 Å². The molecule has 0 saturated heterocycles. The molecule has 0 bridgehead atoms. The molecule has 3 amide bonds. The van der Waals surface area contributed by atoms with Crippen LogP contribution in [0.5, 0.6) is 0 Å². The quantitative estimate of drug-likeness (QED) is 0.218. The van der Waals surface area contributed by atoms with Gasteiger partial charge < -0.3 is 36.9 Å². The van der Waals surface area contributed by atoms with Gasteiger partial charge in [0.15, 0.2) is 6.04 Å². The first kappa shape index (κ1) is 26.8. The molecule has 5 unspecified atom stereocenters. The molecule has 34 heavy (non-hydrogen) atoms. The molecular formula is C23H33N5O6. The van der Waals surface area contributed by atoms with Crippen LogP contribution in [0.4, 0.5) is 0 Å². The van der Waals surface area contributed by atoms with E-state index in [1.165, 1.54) is 6.92 Å². The van der Waals surface area contributed by atoms with E-state index in [0.29, 0.717) is 6.42 Å². The van der Waals surface area contributed by atoms with Gasteiger partial charge in [-0.05, 0) is 24.5 Å². The van der Waals surface area contributed by atoms with Crippen molar-refractivity contribution in [2.45, 2.75) is 57.8 Å². The van der Waals surface area contributed by atoms with Crippen molar-refractivity contribution in [2.75, 3.05) is 6.54 Å². The van der Waals surface area contributed by atoms with Gasteiger partial charge >= 0.3 is 5.97 Å². The number of nitrogens with one attached hydrogen (secondary N) is 4. The van der Waals surface area contributed by atoms with Gasteiger partial charge in [0, 0.05) is 23.5 Å². The van der Waals surface area contributed by atoms with Crippen LogP contribution in [0.15, 0.2) is 30.5 Å². The number of hydrogen-bond acceptors (Lipinski definition) is 6. The van der Waals surface area contributed by atoms with Crippen LogP contribution in [0.3, 0.4) is 0 Å². The molecule has 0 fully saturated rings. The van der Waals surface area contributed by atoms with Gasteiger partial charge in [0.25, 0.3) is 0 Å². The predicted octanol–water partition coefficient (Wildman–Crippen LogP) is -0.365. The number of amides is 3. The number of aliphatic hydroxyl groups is 1. The molecule has 0 aliphatic carbocycles. The summed E-state index contributed by atoms with van der Waals surface area (Å²) in [6.45, 7) is 4.56. The Hall–Kier alpha value is -3.44. The summed E-state index contributed by atoms with van der Waals surface area (Å²) in [6, 6.07) is 3.90. The summed E-state index contributed by atoms with van der Waals surface area (Å²) in [6.07, 6.45) is 1.09. The Balaban J connectivity index is 2.16. The summed E-state index contributed by atoms with van der Waals surface area (Å²) in [5, 5.41) is 27.1. The molecule has 0 aliphatic rings. The molecular weight excluding hydrogens is 442 g/mol. The van der Waals surface area contributed by atoms with E-state index in [1.807, 2.05) is 38.1 Å². The molecule has 5 atom stereocenters. The number of aliphatic carboxylic acids is 1. The average Bonchev–Trinajstić information content (AvgIpc) is 3.21. The van der Waals surface area contributed by atoms with Crippen LogP contribution in [0, 0.1) is 5.92 Å². The molecule has 8 N–H and O–H groups in total. The Morgan fingerprint density at radius 2 is 1.76 bits per heavy atom. The second kappa shape index (κ2) is 12.1. The summed E-state index contributed by atoms with van der Waals surface area (Å²) >= 11 is 0. The molecule has 0 spiro atoms. The average molecular weight is 476 g/mol. The second-order valence-corrected chi connectivity index (χ2v) is 8.38. The van der Waals surface area contributed by atoms with Crippen molar-refractivity contribution in [2.24, 2.45) is 11.7 Å². The van der Waals surface area contributed by atoms with Crippen LogP contribution in [0.1, 0.15) is 32.8 Å². The third-order valence-electron chi connectivity index (χ3n) is 5.78. The number of aliphatic hydroxyl groups excluding tert-OH is 1. The number of rotatable bonds is 12. The molecule has 2 rings (SSSR count). The van der Waals surface area contributed by atoms with Gasteiger partial charge in [-0.15, -0.1) is 0 Å². The molecule has 186 valence electrons. The number of aromatic nitrogens is 1. The lowest BCUT2D eigenvalue weighted by molar-refractivity contribution is -0.145. The summed E-state index contributed by atoms with van der Waals surface area (Å²) < 4.78 is 0. The fraction of sp³-hybridized carbons (Fsp3) is 0.478. The highest BCUT2D eigenvalue weighted by atomic mass is 16.4. The lowest BCUT2D eigenvalue weighted by Crippen LogP contribution is -2.56. The van der Waals surface area contributed by atoms with Crippen molar-refractivity contribution in [1.82, 2.24) is 20.9 Å². The third-order valence-corrected chi connectivity index (χ3v) is 5.78. The zero-order valence-corrected chi connectivity index (χ0v) is 19.5. The van der Waals surface area contributed by atoms with Crippen molar-refractivity contribution in [3.8, 4) is 0 Å². The Kier molecular flexibility index (Phi) is 9.58. The molecule has 11 nitrogen and oxygen atoms in total. The van der Waals surface area contributed by atoms with Crippen LogP contribution in [-0.4, -0.2) is 69.7 Å². The smallest absolute Gasteiger partial charge is 0.328 e. The van der Waals surface area contributed by atoms with Crippen LogP contribution in [-0.2, 0) is 25.6 Å². The molecule has 0 radical (unpaired) electrons.